The fourth-order valence-corrected chi connectivity index (χ4v) is 24.0. The number of ether oxygens (including phenoxy) is 4. The number of carboxylic acid groups (broad SMARTS) is 2. The number of allylic oxidation sites excluding steroid dienone is 2. The summed E-state index contributed by atoms with van der Waals surface area (Å²) in [7, 11) is 0. The van der Waals surface area contributed by atoms with Gasteiger partial charge in [-0.05, 0) is 198 Å². The van der Waals surface area contributed by atoms with Crippen molar-refractivity contribution >= 4 is 23.8 Å². The van der Waals surface area contributed by atoms with E-state index < -0.39 is 28.9 Å². The van der Waals surface area contributed by atoms with Crippen LogP contribution in [-0.2, 0) is 28.5 Å². The second-order valence-corrected chi connectivity index (χ2v) is 39.2. The molecule has 0 amide bonds. The van der Waals surface area contributed by atoms with Crippen LogP contribution in [0.5, 0.6) is 0 Å². The van der Waals surface area contributed by atoms with E-state index in [-0.39, 0.29) is 114 Å². The van der Waals surface area contributed by atoms with Gasteiger partial charge in [0.15, 0.2) is 0 Å². The molecule has 2 aliphatic heterocycles. The fourth-order valence-electron chi connectivity index (χ4n) is 24.0. The predicted octanol–water partition coefficient (Wildman–Crippen LogP) is 14.3. The van der Waals surface area contributed by atoms with Crippen LogP contribution in [0.15, 0.2) is 23.3 Å². The molecular formula is C78H136N12O8. The number of aromatic amines is 1. The van der Waals surface area contributed by atoms with Crippen LogP contribution in [0.1, 0.15) is 250 Å². The molecule has 24 atom stereocenters. The molecule has 8 fully saturated rings. The summed E-state index contributed by atoms with van der Waals surface area (Å²) in [6.07, 6.45) is 16.8. The van der Waals surface area contributed by atoms with Gasteiger partial charge < -0.3 is 52.1 Å². The number of aliphatic carboxylic acids is 2. The maximum absolute atomic E-state index is 13.4. The molecule has 4 bridgehead atoms. The van der Waals surface area contributed by atoms with Crippen molar-refractivity contribution in [2.45, 2.75) is 273 Å². The minimum atomic E-state index is -0.634. The van der Waals surface area contributed by atoms with Crippen molar-refractivity contribution in [3.8, 4) is 0 Å². The number of nitrogen functional groups attached to an aromatic ring is 2. The minimum Gasteiger partial charge on any atom is -0.481 e. The van der Waals surface area contributed by atoms with Crippen LogP contribution in [0, 0.1) is 130 Å². The van der Waals surface area contributed by atoms with E-state index >= 15 is 0 Å². The highest BCUT2D eigenvalue weighted by molar-refractivity contribution is 5.74. The molecule has 8 aliphatic carbocycles. The van der Waals surface area contributed by atoms with Crippen molar-refractivity contribution in [3.05, 3.63) is 23.3 Å². The molecule has 0 aromatic carbocycles. The third-order valence-corrected chi connectivity index (χ3v) is 32.1. The van der Waals surface area contributed by atoms with Crippen LogP contribution in [-0.4, -0.2) is 126 Å². The number of nitrogens with two attached hydrogens (primary N) is 4. The van der Waals surface area contributed by atoms with E-state index in [9.17, 15) is 19.8 Å². The summed E-state index contributed by atoms with van der Waals surface area (Å²) < 4.78 is 27.2. The monoisotopic (exact) mass is 1370 g/mol. The lowest BCUT2D eigenvalue weighted by Crippen LogP contribution is -2.69. The summed E-state index contributed by atoms with van der Waals surface area (Å²) in [4.78, 5) is 28.4. The Labute approximate surface area is 589 Å². The molecule has 0 unspecified atom stereocenters. The fraction of sp³-hybridized carbons (Fsp3) is 0.897. The van der Waals surface area contributed by atoms with Gasteiger partial charge in [-0.2, -0.15) is 10.0 Å². The lowest BCUT2D eigenvalue weighted by molar-refractivity contribution is -0.254. The Morgan fingerprint density at radius 2 is 1.03 bits per heavy atom. The molecule has 11 N–H and O–H groups in total. The molecule has 2 saturated heterocycles. The number of carboxylic acids is 2. The maximum atomic E-state index is 13.4. The molecule has 20 heteroatoms. The van der Waals surface area contributed by atoms with Crippen LogP contribution in [0.3, 0.4) is 0 Å². The lowest BCUT2D eigenvalue weighted by atomic mass is 9.34. The Kier molecular flexibility index (Phi) is 20.7. The average molecular weight is 1370 g/mol. The Balaban J connectivity index is 0.000000210. The smallest absolute Gasteiger partial charge is 0.307 e. The van der Waals surface area contributed by atoms with E-state index in [1.165, 1.54) is 5.57 Å². The van der Waals surface area contributed by atoms with Gasteiger partial charge in [0.25, 0.3) is 11.9 Å². The van der Waals surface area contributed by atoms with Gasteiger partial charge in [-0.1, -0.05) is 186 Å². The third kappa shape index (κ3) is 11.8. The predicted molar refractivity (Wildman–Crippen MR) is 386 cm³/mol. The number of aromatic nitrogens is 8. The molecule has 98 heavy (non-hydrogen) atoms. The molecule has 0 spiro atoms. The van der Waals surface area contributed by atoms with Crippen molar-refractivity contribution in [3.63, 3.8) is 0 Å². The maximum Gasteiger partial charge on any atom is 0.307 e. The zero-order valence-electron chi connectivity index (χ0n) is 64.2. The van der Waals surface area contributed by atoms with E-state index in [1.54, 1.807) is 10.4 Å². The zero-order valence-corrected chi connectivity index (χ0v) is 64.2. The summed E-state index contributed by atoms with van der Waals surface area (Å²) in [5.41, 5.74) is 24.7. The highest BCUT2D eigenvalue weighted by atomic mass is 16.5. The van der Waals surface area contributed by atoms with E-state index in [1.807, 2.05) is 0 Å². The van der Waals surface area contributed by atoms with Gasteiger partial charge in [-0.3, -0.25) is 9.59 Å². The first-order valence-corrected chi connectivity index (χ1v) is 37.5. The van der Waals surface area contributed by atoms with Crippen molar-refractivity contribution in [1.82, 2.24) is 40.8 Å². The van der Waals surface area contributed by atoms with E-state index in [0.717, 1.165) is 90.3 Å². The van der Waals surface area contributed by atoms with Crippen LogP contribution in [0.4, 0.5) is 11.9 Å². The largest absolute Gasteiger partial charge is 0.481 e. The Hall–Kier alpha value is -4.08. The minimum absolute atomic E-state index is 0. The number of H-pyrrole nitrogens is 1. The third-order valence-electron chi connectivity index (χ3n) is 32.1. The Morgan fingerprint density at radius 1 is 0.612 bits per heavy atom. The molecule has 6 saturated carbocycles. The summed E-state index contributed by atoms with van der Waals surface area (Å²) in [5.74, 6) is 1.79. The first-order chi connectivity index (χ1) is 44.6. The number of hydrogen-bond acceptors (Lipinski definition) is 16. The van der Waals surface area contributed by atoms with Crippen molar-refractivity contribution in [1.29, 1.82) is 0 Å². The molecule has 0 radical (unpaired) electrons. The second-order valence-electron chi connectivity index (χ2n) is 39.2. The zero-order chi connectivity index (χ0) is 72.0. The standard InChI is InChI=1S/C38H64N6O4.C38H65NO4.CH3N5.CH4/c1-22(2)23(3)33(7)16-17-35(9)24-12-13-27-34(8)19-47-21-38(27,25(24)14-15-36(35,10)28(33)30(45)46)18-26(44-42-31(39)41-43-44)29(34)48-20-37(11,40)32(4,5)6;1-23(2)25(4)33(8)17-18-35(10)26-13-14-28-34(9)20-42-22-38(28,27(26)15-16-36(35,11)29(33)31(40)41)19-24(3)30(34)43-21-37(12,39)32(5,6)7;2-1-3-5-6-4-1;/h14,22-24,26-29H,12-13,15-21,40H2,1-11H3,(H2,39,42)(H,45,46);15,23-26,28-30H,13-14,16-22,39H2,1-12H3,(H,40,41);(H3,2,3,4,5,6);1H4/t23-,24+,26-,27+,28-,29+,33-,34-,35-,36+,37-,38+;24-,25-,26+,28+,29-,30+,33-,34-,35-,36+,37-,38+;;/m11../s1. The SMILES string of the molecule is C.CC(C)[C@@H](C)[C@@]1(C)CC[C@]2(C)[C@H]3CC[C@@H]4[C@@]5(COC[C@@]4(C)[C@@H](OC[C@@](C)(N)C(C)(C)C)[C@H](C)C5)C3=CC[C@@]2(C)[C@@H]1C(=O)O.CC(C)[C@@H](C)[C@@]1(C)CC[C@]2(C)[C@H]3CC[C@@H]4[C@@]5(COC[C@@]4(C)[C@@H](OC[C@@](C)(N)C(C)(C)C)[C@H](n4nnc(N)n4)C5)C3=CC[C@@]2(C)[C@@H]1C(=O)O.Nc1nn[nH]n1. The van der Waals surface area contributed by atoms with Gasteiger partial charge >= 0.3 is 11.9 Å². The normalized spacial score (nSPS) is 43.5. The lowest BCUT2D eigenvalue weighted by Gasteiger charge is -2.71. The molecule has 2 aromatic rings. The van der Waals surface area contributed by atoms with Crippen molar-refractivity contribution in [2.75, 3.05) is 51.1 Å². The summed E-state index contributed by atoms with van der Waals surface area (Å²) in [5, 5.41) is 47.1. The highest BCUT2D eigenvalue weighted by Gasteiger charge is 2.74. The molecule has 556 valence electrons. The Bertz CT molecular complexity index is 3260. The molecule has 2 aromatic heterocycles. The molecule has 4 heterocycles. The van der Waals surface area contributed by atoms with E-state index in [4.69, 9.17) is 41.9 Å². The van der Waals surface area contributed by atoms with Crippen LogP contribution in [0.25, 0.3) is 0 Å². The average Bonchev–Trinajstić information content (AvgIpc) is 0.678. The van der Waals surface area contributed by atoms with E-state index in [0.29, 0.717) is 73.8 Å². The van der Waals surface area contributed by atoms with Gasteiger partial charge in [0.05, 0.1) is 63.7 Å². The van der Waals surface area contributed by atoms with Gasteiger partial charge in [-0.15, -0.1) is 10.2 Å². The van der Waals surface area contributed by atoms with Gasteiger partial charge in [0.1, 0.15) is 6.04 Å². The highest BCUT2D eigenvalue weighted by Crippen LogP contribution is 2.78. The van der Waals surface area contributed by atoms with Gasteiger partial charge in [0.2, 0.25) is 0 Å². The second kappa shape index (κ2) is 26.0. The number of tetrazole rings is 2. The first-order valence-electron chi connectivity index (χ1n) is 37.5. The number of fused-ring (bicyclic) bond motifs is 6. The number of nitrogens with one attached hydrogen (secondary N) is 1. The molecule has 20 nitrogen and oxygen atoms in total. The summed E-state index contributed by atoms with van der Waals surface area (Å²) >= 11 is 0. The Morgan fingerprint density at radius 3 is 1.39 bits per heavy atom. The molecule has 12 rings (SSSR count). The molecule has 10 aliphatic rings. The van der Waals surface area contributed by atoms with Gasteiger partial charge in [0, 0.05) is 32.7 Å². The van der Waals surface area contributed by atoms with Crippen LogP contribution >= 0.6 is 0 Å². The summed E-state index contributed by atoms with van der Waals surface area (Å²) in [6.45, 7) is 55.9. The number of anilines is 2. The topological polar surface area (TPSA) is 314 Å². The van der Waals surface area contributed by atoms with Crippen LogP contribution in [0.2, 0.25) is 0 Å². The molecular weight excluding hydrogens is 1230 g/mol. The first kappa shape index (κ1) is 78.1. The van der Waals surface area contributed by atoms with Crippen LogP contribution < -0.4 is 22.9 Å². The number of carbonyl (C=O) groups is 2. The van der Waals surface area contributed by atoms with Gasteiger partial charge in [-0.25, -0.2) is 0 Å². The number of hydrogen-bond donors (Lipinski definition) is 7. The number of rotatable bonds is 13. The number of nitrogens with zero attached hydrogens (tertiary/aromatic N) is 7. The van der Waals surface area contributed by atoms with Crippen molar-refractivity contribution in [2.24, 2.45) is 142 Å². The summed E-state index contributed by atoms with van der Waals surface area (Å²) in [6, 6.07) is -0.204. The van der Waals surface area contributed by atoms with E-state index in [2.05, 4.69) is 207 Å². The quantitative estimate of drug-likeness (QED) is 0.0917. The van der Waals surface area contributed by atoms with Crippen molar-refractivity contribution < 1.29 is 38.7 Å².